The number of fused-ring (bicyclic) bond motifs is 1. The second-order valence-corrected chi connectivity index (χ2v) is 8.88. The van der Waals surface area contributed by atoms with Crippen LogP contribution in [-0.2, 0) is 6.54 Å². The molecule has 2 aromatic rings. The SMILES string of the molecule is CCn1ncc2c(NC(C)C3CCCCC3)c(C(=O)NCCN3CCCC3)cnc21. The van der Waals surface area contributed by atoms with E-state index in [0.29, 0.717) is 24.1 Å². The van der Waals surface area contributed by atoms with Crippen LogP contribution in [-0.4, -0.2) is 57.8 Å². The molecule has 1 saturated heterocycles. The Morgan fingerprint density at radius 1 is 1.17 bits per heavy atom. The molecule has 2 N–H and O–H groups in total. The molecular formula is C23H36N6O. The van der Waals surface area contributed by atoms with Gasteiger partial charge < -0.3 is 15.5 Å². The first-order valence-corrected chi connectivity index (χ1v) is 11.8. The number of anilines is 1. The van der Waals surface area contributed by atoms with E-state index in [4.69, 9.17) is 0 Å². The lowest BCUT2D eigenvalue weighted by atomic mass is 9.84. The quantitative estimate of drug-likeness (QED) is 0.692. The lowest BCUT2D eigenvalue weighted by molar-refractivity contribution is 0.0950. The maximum Gasteiger partial charge on any atom is 0.255 e. The lowest BCUT2D eigenvalue weighted by Crippen LogP contribution is -2.34. The van der Waals surface area contributed by atoms with Crippen molar-refractivity contribution in [3.63, 3.8) is 0 Å². The van der Waals surface area contributed by atoms with Gasteiger partial charge >= 0.3 is 0 Å². The fourth-order valence-electron chi connectivity index (χ4n) is 4.99. The Morgan fingerprint density at radius 3 is 2.67 bits per heavy atom. The number of amides is 1. The zero-order valence-corrected chi connectivity index (χ0v) is 18.5. The number of carbonyl (C=O) groups is 1. The Balaban J connectivity index is 1.54. The maximum absolute atomic E-state index is 13.1. The van der Waals surface area contributed by atoms with Gasteiger partial charge in [-0.2, -0.15) is 5.10 Å². The molecule has 1 atom stereocenters. The van der Waals surface area contributed by atoms with E-state index in [1.54, 1.807) is 6.20 Å². The first-order valence-electron chi connectivity index (χ1n) is 11.8. The molecule has 30 heavy (non-hydrogen) atoms. The first kappa shape index (κ1) is 21.1. The minimum Gasteiger partial charge on any atom is -0.381 e. The van der Waals surface area contributed by atoms with Gasteiger partial charge in [-0.25, -0.2) is 9.67 Å². The molecule has 1 saturated carbocycles. The average Bonchev–Trinajstić information content (AvgIpc) is 3.44. The summed E-state index contributed by atoms with van der Waals surface area (Å²) >= 11 is 0. The molecule has 164 valence electrons. The monoisotopic (exact) mass is 412 g/mol. The lowest BCUT2D eigenvalue weighted by Gasteiger charge is -2.29. The van der Waals surface area contributed by atoms with Gasteiger partial charge in [0.1, 0.15) is 0 Å². The third kappa shape index (κ3) is 4.61. The van der Waals surface area contributed by atoms with Crippen LogP contribution in [0.5, 0.6) is 0 Å². The number of nitrogens with one attached hydrogen (secondary N) is 2. The van der Waals surface area contributed by atoms with E-state index in [9.17, 15) is 4.79 Å². The predicted octanol–water partition coefficient (Wildman–Crippen LogP) is 3.66. The highest BCUT2D eigenvalue weighted by Gasteiger charge is 2.24. The summed E-state index contributed by atoms with van der Waals surface area (Å²) < 4.78 is 1.89. The molecule has 1 aliphatic heterocycles. The van der Waals surface area contributed by atoms with Crippen LogP contribution in [0.4, 0.5) is 5.69 Å². The number of likely N-dealkylation sites (tertiary alicyclic amines) is 1. The number of hydrogen-bond acceptors (Lipinski definition) is 5. The van der Waals surface area contributed by atoms with E-state index >= 15 is 0 Å². The highest BCUT2D eigenvalue weighted by atomic mass is 16.1. The number of rotatable bonds is 8. The molecule has 1 amide bonds. The summed E-state index contributed by atoms with van der Waals surface area (Å²) in [6.07, 6.45) is 12.6. The smallest absolute Gasteiger partial charge is 0.255 e. The van der Waals surface area contributed by atoms with Gasteiger partial charge in [-0.3, -0.25) is 4.79 Å². The van der Waals surface area contributed by atoms with Crippen molar-refractivity contribution in [2.24, 2.45) is 5.92 Å². The molecule has 7 nitrogen and oxygen atoms in total. The van der Waals surface area contributed by atoms with Crippen molar-refractivity contribution in [1.29, 1.82) is 0 Å². The normalized spacial score (nSPS) is 19.3. The molecule has 3 heterocycles. The Kier molecular flexibility index (Phi) is 6.87. The third-order valence-corrected chi connectivity index (χ3v) is 6.85. The Hall–Kier alpha value is -2.15. The molecule has 1 aliphatic carbocycles. The van der Waals surface area contributed by atoms with Crippen molar-refractivity contribution < 1.29 is 4.79 Å². The largest absolute Gasteiger partial charge is 0.381 e. The van der Waals surface area contributed by atoms with Crippen LogP contribution in [0.1, 0.15) is 69.2 Å². The number of aromatic nitrogens is 3. The Morgan fingerprint density at radius 2 is 1.93 bits per heavy atom. The molecule has 0 radical (unpaired) electrons. The van der Waals surface area contributed by atoms with Gasteiger partial charge in [-0.05, 0) is 58.5 Å². The van der Waals surface area contributed by atoms with Crippen molar-refractivity contribution in [2.75, 3.05) is 31.5 Å². The van der Waals surface area contributed by atoms with Crippen molar-refractivity contribution in [3.05, 3.63) is 18.0 Å². The molecule has 0 aromatic carbocycles. The number of carbonyl (C=O) groups excluding carboxylic acids is 1. The van der Waals surface area contributed by atoms with E-state index in [-0.39, 0.29) is 5.91 Å². The van der Waals surface area contributed by atoms with E-state index in [2.05, 4.69) is 39.5 Å². The van der Waals surface area contributed by atoms with Crippen LogP contribution in [0.25, 0.3) is 11.0 Å². The number of aryl methyl sites for hydroxylation is 1. The van der Waals surface area contributed by atoms with Gasteiger partial charge in [0.05, 0.1) is 22.8 Å². The highest BCUT2D eigenvalue weighted by molar-refractivity contribution is 6.06. The number of nitrogens with zero attached hydrogens (tertiary/aromatic N) is 4. The Bertz CT molecular complexity index is 851. The van der Waals surface area contributed by atoms with Crippen LogP contribution in [0.3, 0.4) is 0 Å². The van der Waals surface area contributed by atoms with Crippen molar-refractivity contribution in [2.45, 2.75) is 71.4 Å². The molecule has 0 bridgehead atoms. The van der Waals surface area contributed by atoms with E-state index in [1.165, 1.54) is 44.9 Å². The van der Waals surface area contributed by atoms with E-state index in [0.717, 1.165) is 42.9 Å². The Labute approximate surface area is 179 Å². The molecule has 7 heteroatoms. The summed E-state index contributed by atoms with van der Waals surface area (Å²) in [5, 5.41) is 12.2. The van der Waals surface area contributed by atoms with Crippen molar-refractivity contribution in [3.8, 4) is 0 Å². The van der Waals surface area contributed by atoms with Gasteiger partial charge in [0.2, 0.25) is 0 Å². The second-order valence-electron chi connectivity index (χ2n) is 8.88. The molecule has 2 aromatic heterocycles. The third-order valence-electron chi connectivity index (χ3n) is 6.85. The predicted molar refractivity (Wildman–Crippen MR) is 121 cm³/mol. The van der Waals surface area contributed by atoms with Crippen molar-refractivity contribution in [1.82, 2.24) is 25.0 Å². The van der Waals surface area contributed by atoms with Gasteiger partial charge in [0.25, 0.3) is 5.91 Å². The number of pyridine rings is 1. The molecule has 1 unspecified atom stereocenters. The second kappa shape index (κ2) is 9.77. The molecule has 0 spiro atoms. The standard InChI is InChI=1S/C23H36N6O/c1-3-29-22-19(16-26-29)21(27-17(2)18-9-5-4-6-10-18)20(15-25-22)23(30)24-11-14-28-12-7-8-13-28/h15-18H,3-14H2,1-2H3,(H,24,30)(H,25,27). The summed E-state index contributed by atoms with van der Waals surface area (Å²) in [5.41, 5.74) is 2.35. The average molecular weight is 413 g/mol. The zero-order valence-electron chi connectivity index (χ0n) is 18.5. The minimum atomic E-state index is -0.0498. The van der Waals surface area contributed by atoms with Crippen LogP contribution < -0.4 is 10.6 Å². The molecule has 2 fully saturated rings. The van der Waals surface area contributed by atoms with Gasteiger partial charge in [0.15, 0.2) is 5.65 Å². The fourth-order valence-corrected chi connectivity index (χ4v) is 4.99. The minimum absolute atomic E-state index is 0.0498. The highest BCUT2D eigenvalue weighted by Crippen LogP contribution is 2.32. The fraction of sp³-hybridized carbons (Fsp3) is 0.696. The summed E-state index contributed by atoms with van der Waals surface area (Å²) in [6, 6.07) is 0.317. The summed E-state index contributed by atoms with van der Waals surface area (Å²) in [5.74, 6) is 0.598. The molecular weight excluding hydrogens is 376 g/mol. The van der Waals surface area contributed by atoms with Crippen LogP contribution >= 0.6 is 0 Å². The van der Waals surface area contributed by atoms with Gasteiger partial charge in [-0.1, -0.05) is 19.3 Å². The molecule has 2 aliphatic rings. The summed E-state index contributed by atoms with van der Waals surface area (Å²) in [7, 11) is 0. The van der Waals surface area contributed by atoms with Gasteiger partial charge in [0, 0.05) is 31.9 Å². The summed E-state index contributed by atoms with van der Waals surface area (Å²) in [6.45, 7) is 8.94. The molecule has 4 rings (SSSR count). The maximum atomic E-state index is 13.1. The summed E-state index contributed by atoms with van der Waals surface area (Å²) in [4.78, 5) is 20.1. The topological polar surface area (TPSA) is 75.1 Å². The van der Waals surface area contributed by atoms with Crippen LogP contribution in [0.2, 0.25) is 0 Å². The van der Waals surface area contributed by atoms with Crippen LogP contribution in [0, 0.1) is 5.92 Å². The van der Waals surface area contributed by atoms with Gasteiger partial charge in [-0.15, -0.1) is 0 Å². The van der Waals surface area contributed by atoms with Crippen LogP contribution in [0.15, 0.2) is 12.4 Å². The number of hydrogen-bond donors (Lipinski definition) is 2. The van der Waals surface area contributed by atoms with Crippen molar-refractivity contribution >= 4 is 22.6 Å². The van der Waals surface area contributed by atoms with E-state index in [1.807, 2.05) is 10.9 Å². The zero-order chi connectivity index (χ0) is 20.9. The van der Waals surface area contributed by atoms with E-state index < -0.39 is 0 Å². The first-order chi connectivity index (χ1) is 14.7.